The summed E-state index contributed by atoms with van der Waals surface area (Å²) in [4.78, 5) is 4.05. The molecule has 0 aliphatic carbocycles. The highest BCUT2D eigenvalue weighted by molar-refractivity contribution is 6.01. The van der Waals surface area contributed by atoms with Crippen LogP contribution in [0.25, 0.3) is 0 Å². The third-order valence-electron chi connectivity index (χ3n) is 2.73. The van der Waals surface area contributed by atoms with Crippen molar-refractivity contribution < 1.29 is 15.4 Å². The van der Waals surface area contributed by atoms with Crippen LogP contribution in [0.15, 0.2) is 53.8 Å². The summed E-state index contributed by atoms with van der Waals surface area (Å²) >= 11 is 0. The van der Waals surface area contributed by atoms with E-state index in [1.165, 1.54) is 18.3 Å². The molecule has 0 amide bonds. The Kier molecular flexibility index (Phi) is 4.65. The highest BCUT2D eigenvalue weighted by Gasteiger charge is 2.10. The zero-order valence-electron chi connectivity index (χ0n) is 10.6. The minimum Gasteiger partial charge on any atom is -0.411 e. The lowest BCUT2D eigenvalue weighted by atomic mass is 10.1. The van der Waals surface area contributed by atoms with Gasteiger partial charge in [0.2, 0.25) is 0 Å². The van der Waals surface area contributed by atoms with Crippen LogP contribution in [-0.4, -0.2) is 32.7 Å². The number of oxime groups is 1. The van der Waals surface area contributed by atoms with Crippen molar-refractivity contribution in [1.82, 2.24) is 4.98 Å². The molecule has 0 spiro atoms. The fourth-order valence-electron chi connectivity index (χ4n) is 1.68. The van der Waals surface area contributed by atoms with Gasteiger partial charge in [-0.15, -0.1) is 0 Å². The maximum absolute atomic E-state index is 9.12. The van der Waals surface area contributed by atoms with Crippen LogP contribution in [0, 0.1) is 0 Å². The molecular weight excluding hydrogens is 258 g/mol. The van der Waals surface area contributed by atoms with Gasteiger partial charge in [-0.05, 0) is 24.3 Å². The molecule has 0 unspecified atom stereocenters. The Morgan fingerprint density at radius 1 is 1.20 bits per heavy atom. The number of benzene rings is 1. The fraction of sp³-hybridized carbons (Fsp3) is 0.143. The normalized spacial score (nSPS) is 11.7. The van der Waals surface area contributed by atoms with Gasteiger partial charge in [-0.2, -0.15) is 0 Å². The van der Waals surface area contributed by atoms with Gasteiger partial charge in [0.15, 0.2) is 6.29 Å². The van der Waals surface area contributed by atoms with Crippen molar-refractivity contribution in [3.63, 3.8) is 0 Å². The lowest BCUT2D eigenvalue weighted by Crippen LogP contribution is -2.17. The zero-order chi connectivity index (χ0) is 14.4. The predicted octanol–water partition coefficient (Wildman–Crippen LogP) is 1.36. The number of anilines is 1. The third-order valence-corrected chi connectivity index (χ3v) is 2.73. The zero-order valence-corrected chi connectivity index (χ0v) is 10.6. The molecule has 4 N–H and O–H groups in total. The maximum Gasteiger partial charge on any atom is 0.178 e. The SMILES string of the molecule is O/N=C(\CNc1ccccc1)c1cc(C(O)O)ccn1. The standard InChI is InChI=1S/C14H15N3O3/c18-14(19)10-6-7-15-12(8-10)13(17-20)9-16-11-4-2-1-3-5-11/h1-8,14,16,18-20H,9H2/b17-13+. The van der Waals surface area contributed by atoms with E-state index >= 15 is 0 Å². The Bertz CT molecular complexity index is 585. The molecule has 6 nitrogen and oxygen atoms in total. The first-order valence-electron chi connectivity index (χ1n) is 6.03. The Hall–Kier alpha value is -2.44. The van der Waals surface area contributed by atoms with Gasteiger partial charge < -0.3 is 20.7 Å². The van der Waals surface area contributed by atoms with Crippen molar-refractivity contribution in [1.29, 1.82) is 0 Å². The summed E-state index contributed by atoms with van der Waals surface area (Å²) in [6.07, 6.45) is -0.156. The van der Waals surface area contributed by atoms with E-state index in [4.69, 9.17) is 15.4 Å². The van der Waals surface area contributed by atoms with E-state index in [2.05, 4.69) is 15.5 Å². The number of aliphatic hydroxyl groups excluding tert-OH is 1. The van der Waals surface area contributed by atoms with Crippen LogP contribution in [0.2, 0.25) is 0 Å². The van der Waals surface area contributed by atoms with E-state index in [9.17, 15) is 0 Å². The Morgan fingerprint density at radius 3 is 2.60 bits per heavy atom. The molecule has 2 aromatic rings. The van der Waals surface area contributed by atoms with Crippen LogP contribution in [0.5, 0.6) is 0 Å². The summed E-state index contributed by atoms with van der Waals surface area (Å²) in [6.45, 7) is 0.262. The summed E-state index contributed by atoms with van der Waals surface area (Å²) < 4.78 is 0. The van der Waals surface area contributed by atoms with Gasteiger partial charge in [0, 0.05) is 17.4 Å². The second-order valence-corrected chi connectivity index (χ2v) is 4.11. The molecule has 0 aliphatic heterocycles. The van der Waals surface area contributed by atoms with E-state index in [-0.39, 0.29) is 12.1 Å². The van der Waals surface area contributed by atoms with Crippen LogP contribution in [0.4, 0.5) is 5.69 Å². The monoisotopic (exact) mass is 273 g/mol. The highest BCUT2D eigenvalue weighted by Crippen LogP contribution is 2.11. The van der Waals surface area contributed by atoms with Gasteiger partial charge >= 0.3 is 0 Å². The Labute approximate surface area is 116 Å². The molecule has 6 heteroatoms. The van der Waals surface area contributed by atoms with Gasteiger partial charge in [-0.25, -0.2) is 0 Å². The summed E-state index contributed by atoms with van der Waals surface area (Å²) in [5.41, 5.74) is 1.85. The molecule has 20 heavy (non-hydrogen) atoms. The van der Waals surface area contributed by atoms with E-state index in [1.54, 1.807) is 0 Å². The second kappa shape index (κ2) is 6.65. The number of aliphatic hydroxyl groups is 2. The topological polar surface area (TPSA) is 98.0 Å². The third kappa shape index (κ3) is 3.53. The molecule has 0 bridgehead atoms. The molecule has 0 saturated carbocycles. The van der Waals surface area contributed by atoms with Crippen molar-refractivity contribution >= 4 is 11.4 Å². The Balaban J connectivity index is 2.11. The van der Waals surface area contributed by atoms with Gasteiger partial charge in [0.1, 0.15) is 5.71 Å². The molecule has 2 rings (SSSR count). The number of nitrogens with zero attached hydrogens (tertiary/aromatic N) is 2. The minimum atomic E-state index is -1.58. The van der Waals surface area contributed by atoms with E-state index < -0.39 is 6.29 Å². The van der Waals surface area contributed by atoms with Crippen LogP contribution in [0.1, 0.15) is 17.5 Å². The first kappa shape index (κ1) is 14.0. The van der Waals surface area contributed by atoms with Gasteiger partial charge in [0.05, 0.1) is 12.2 Å². The first-order chi connectivity index (χ1) is 9.70. The smallest absolute Gasteiger partial charge is 0.178 e. The highest BCUT2D eigenvalue weighted by atomic mass is 16.5. The predicted molar refractivity (Wildman–Crippen MR) is 74.7 cm³/mol. The quantitative estimate of drug-likeness (QED) is 0.285. The number of rotatable bonds is 5. The largest absolute Gasteiger partial charge is 0.411 e. The summed E-state index contributed by atoms with van der Waals surface area (Å²) in [7, 11) is 0. The van der Waals surface area contributed by atoms with Crippen LogP contribution in [-0.2, 0) is 0 Å². The Morgan fingerprint density at radius 2 is 1.95 bits per heavy atom. The van der Waals surface area contributed by atoms with Crippen molar-refractivity contribution in [2.24, 2.45) is 5.16 Å². The fourth-order valence-corrected chi connectivity index (χ4v) is 1.68. The van der Waals surface area contributed by atoms with Crippen molar-refractivity contribution in [2.45, 2.75) is 6.29 Å². The minimum absolute atomic E-state index is 0.262. The molecule has 0 aliphatic rings. The molecule has 0 fully saturated rings. The number of nitrogens with one attached hydrogen (secondary N) is 1. The lowest BCUT2D eigenvalue weighted by Gasteiger charge is -2.09. The molecular formula is C14H15N3O3. The van der Waals surface area contributed by atoms with Crippen LogP contribution < -0.4 is 5.32 Å². The summed E-state index contributed by atoms with van der Waals surface area (Å²) in [6, 6.07) is 12.4. The molecule has 0 saturated heterocycles. The number of hydrogen-bond donors (Lipinski definition) is 4. The molecule has 1 aromatic carbocycles. The molecule has 0 radical (unpaired) electrons. The molecule has 1 aromatic heterocycles. The first-order valence-corrected chi connectivity index (χ1v) is 6.03. The summed E-state index contributed by atoms with van der Waals surface area (Å²) in [5.74, 6) is 0. The second-order valence-electron chi connectivity index (χ2n) is 4.11. The molecule has 104 valence electrons. The number of para-hydroxylation sites is 1. The average Bonchev–Trinajstić information content (AvgIpc) is 2.49. The number of hydrogen-bond acceptors (Lipinski definition) is 6. The van der Waals surface area contributed by atoms with E-state index in [0.717, 1.165) is 5.69 Å². The van der Waals surface area contributed by atoms with Gasteiger partial charge in [0.25, 0.3) is 0 Å². The summed E-state index contributed by atoms with van der Waals surface area (Å²) in [5, 5.41) is 33.6. The molecule has 1 heterocycles. The average molecular weight is 273 g/mol. The van der Waals surface area contributed by atoms with Gasteiger partial charge in [-0.1, -0.05) is 23.4 Å². The van der Waals surface area contributed by atoms with Crippen molar-refractivity contribution in [2.75, 3.05) is 11.9 Å². The van der Waals surface area contributed by atoms with E-state index in [1.807, 2.05) is 30.3 Å². The van der Waals surface area contributed by atoms with Crippen molar-refractivity contribution in [3.05, 3.63) is 59.9 Å². The van der Waals surface area contributed by atoms with Crippen molar-refractivity contribution in [3.8, 4) is 0 Å². The van der Waals surface area contributed by atoms with E-state index in [0.29, 0.717) is 11.4 Å². The van der Waals surface area contributed by atoms with Crippen LogP contribution >= 0.6 is 0 Å². The number of pyridine rings is 1. The van der Waals surface area contributed by atoms with Gasteiger partial charge in [-0.3, -0.25) is 4.98 Å². The molecule has 0 atom stereocenters. The number of aromatic nitrogens is 1. The lowest BCUT2D eigenvalue weighted by molar-refractivity contribution is -0.0425. The van der Waals surface area contributed by atoms with Crippen LogP contribution in [0.3, 0.4) is 0 Å². The maximum atomic E-state index is 9.12.